The summed E-state index contributed by atoms with van der Waals surface area (Å²) in [6.45, 7) is 7.29. The van der Waals surface area contributed by atoms with Gasteiger partial charge in [0.05, 0.1) is 17.1 Å². The summed E-state index contributed by atoms with van der Waals surface area (Å²) < 4.78 is 0. The molecule has 1 heterocycles. The molecule has 1 atom stereocenters. The molecular formula is C12H22N2O3. The summed E-state index contributed by atoms with van der Waals surface area (Å²) in [5.74, 6) is -0.491. The number of aliphatic hydroxyl groups is 1. The standard InChI is InChI=1S/C12H22N2O3/c1-11(2,12(3,4)17)13-10(16)8-6-9(15)14(5)7-8/h8,17H,6-7H2,1-5H3,(H,13,16). The van der Waals surface area contributed by atoms with E-state index in [0.717, 1.165) is 0 Å². The lowest BCUT2D eigenvalue weighted by Gasteiger charge is -2.38. The monoisotopic (exact) mass is 242 g/mol. The summed E-state index contributed by atoms with van der Waals surface area (Å²) in [6, 6.07) is 0. The minimum atomic E-state index is -1.02. The number of rotatable bonds is 3. The van der Waals surface area contributed by atoms with Gasteiger partial charge in [0.1, 0.15) is 0 Å². The second-order valence-electron chi connectivity index (χ2n) is 5.85. The van der Waals surface area contributed by atoms with Crippen LogP contribution in [0.15, 0.2) is 0 Å². The Kier molecular flexibility index (Phi) is 3.52. The molecule has 1 rings (SSSR count). The summed E-state index contributed by atoms with van der Waals surface area (Å²) in [5.41, 5.74) is -1.74. The van der Waals surface area contributed by atoms with Crippen LogP contribution in [0.4, 0.5) is 0 Å². The first-order valence-corrected chi connectivity index (χ1v) is 5.83. The molecule has 1 aliphatic rings. The first kappa shape index (κ1) is 14.0. The minimum absolute atomic E-state index is 0.00813. The van der Waals surface area contributed by atoms with Gasteiger partial charge in [0, 0.05) is 20.0 Å². The van der Waals surface area contributed by atoms with Crippen LogP contribution in [0, 0.1) is 5.92 Å². The summed E-state index contributed by atoms with van der Waals surface area (Å²) >= 11 is 0. The number of carbonyl (C=O) groups excluding carboxylic acids is 2. The molecule has 98 valence electrons. The zero-order valence-electron chi connectivity index (χ0n) is 11.2. The van der Waals surface area contributed by atoms with Gasteiger partial charge in [-0.15, -0.1) is 0 Å². The Morgan fingerprint density at radius 1 is 1.41 bits per heavy atom. The lowest BCUT2D eigenvalue weighted by Crippen LogP contribution is -2.59. The van der Waals surface area contributed by atoms with Crippen molar-refractivity contribution in [3.05, 3.63) is 0 Å². The molecule has 5 nitrogen and oxygen atoms in total. The third-order valence-corrected chi connectivity index (χ3v) is 3.68. The van der Waals surface area contributed by atoms with Crippen LogP contribution in [-0.4, -0.2) is 46.6 Å². The lowest BCUT2D eigenvalue weighted by molar-refractivity contribution is -0.131. The highest BCUT2D eigenvalue weighted by molar-refractivity contribution is 5.89. The molecule has 0 aromatic carbocycles. The summed E-state index contributed by atoms with van der Waals surface area (Å²) in [7, 11) is 1.69. The summed E-state index contributed by atoms with van der Waals surface area (Å²) in [4.78, 5) is 24.9. The van der Waals surface area contributed by atoms with E-state index in [0.29, 0.717) is 6.54 Å². The van der Waals surface area contributed by atoms with Gasteiger partial charge in [-0.2, -0.15) is 0 Å². The summed E-state index contributed by atoms with van der Waals surface area (Å²) in [5, 5.41) is 12.8. The first-order valence-electron chi connectivity index (χ1n) is 5.83. The van der Waals surface area contributed by atoms with Crippen LogP contribution in [0.2, 0.25) is 0 Å². The third kappa shape index (κ3) is 2.97. The quantitative estimate of drug-likeness (QED) is 0.739. The first-order chi connectivity index (χ1) is 7.54. The molecule has 0 saturated carbocycles. The SMILES string of the molecule is CN1CC(C(=O)NC(C)(C)C(C)(C)O)CC1=O. The normalized spacial score (nSPS) is 21.9. The van der Waals surface area contributed by atoms with E-state index < -0.39 is 11.1 Å². The molecule has 1 saturated heterocycles. The van der Waals surface area contributed by atoms with Crippen LogP contribution in [-0.2, 0) is 9.59 Å². The fraction of sp³-hybridized carbons (Fsp3) is 0.833. The maximum Gasteiger partial charge on any atom is 0.225 e. The fourth-order valence-corrected chi connectivity index (χ4v) is 1.60. The Morgan fingerprint density at radius 2 is 1.94 bits per heavy atom. The van der Waals surface area contributed by atoms with Crippen LogP contribution < -0.4 is 5.32 Å². The van der Waals surface area contributed by atoms with Gasteiger partial charge in [0.2, 0.25) is 11.8 Å². The predicted octanol–water partition coefficient (Wildman–Crippen LogP) is 0.130. The molecular weight excluding hydrogens is 220 g/mol. The van der Waals surface area contributed by atoms with Gasteiger partial charge in [-0.25, -0.2) is 0 Å². The summed E-state index contributed by atoms with van der Waals surface area (Å²) in [6.07, 6.45) is 0.254. The molecule has 0 aromatic heterocycles. The van der Waals surface area contributed by atoms with Crippen LogP contribution in [0.3, 0.4) is 0 Å². The topological polar surface area (TPSA) is 69.6 Å². The lowest BCUT2D eigenvalue weighted by atomic mass is 9.85. The molecule has 1 aliphatic heterocycles. The van der Waals surface area contributed by atoms with E-state index in [9.17, 15) is 14.7 Å². The van der Waals surface area contributed by atoms with E-state index >= 15 is 0 Å². The molecule has 5 heteroatoms. The van der Waals surface area contributed by atoms with Crippen molar-refractivity contribution in [1.29, 1.82) is 0 Å². The van der Waals surface area contributed by atoms with Crippen LogP contribution in [0.1, 0.15) is 34.1 Å². The predicted molar refractivity (Wildman–Crippen MR) is 64.3 cm³/mol. The molecule has 2 N–H and O–H groups in total. The number of nitrogens with zero attached hydrogens (tertiary/aromatic N) is 1. The number of hydrogen-bond acceptors (Lipinski definition) is 3. The van der Waals surface area contributed by atoms with Crippen molar-refractivity contribution >= 4 is 11.8 Å². The van der Waals surface area contributed by atoms with E-state index in [2.05, 4.69) is 5.32 Å². The van der Waals surface area contributed by atoms with Crippen molar-refractivity contribution in [2.24, 2.45) is 5.92 Å². The highest BCUT2D eigenvalue weighted by Crippen LogP contribution is 2.23. The molecule has 1 unspecified atom stereocenters. The smallest absolute Gasteiger partial charge is 0.225 e. The van der Waals surface area contributed by atoms with E-state index in [4.69, 9.17) is 0 Å². The highest BCUT2D eigenvalue weighted by atomic mass is 16.3. The zero-order chi connectivity index (χ0) is 13.4. The molecule has 0 aromatic rings. The zero-order valence-corrected chi connectivity index (χ0v) is 11.2. The largest absolute Gasteiger partial charge is 0.388 e. The molecule has 1 fully saturated rings. The molecule has 2 amide bonds. The maximum absolute atomic E-state index is 12.0. The van der Waals surface area contributed by atoms with Gasteiger partial charge in [0.15, 0.2) is 0 Å². The van der Waals surface area contributed by atoms with Crippen LogP contribution >= 0.6 is 0 Å². The Balaban J connectivity index is 2.65. The van der Waals surface area contributed by atoms with Gasteiger partial charge in [0.25, 0.3) is 0 Å². The number of hydrogen-bond donors (Lipinski definition) is 2. The minimum Gasteiger partial charge on any atom is -0.388 e. The van der Waals surface area contributed by atoms with Gasteiger partial charge >= 0.3 is 0 Å². The maximum atomic E-state index is 12.0. The van der Waals surface area contributed by atoms with Gasteiger partial charge < -0.3 is 15.3 Å². The van der Waals surface area contributed by atoms with E-state index in [1.54, 1.807) is 39.6 Å². The molecule has 0 spiro atoms. The Morgan fingerprint density at radius 3 is 2.29 bits per heavy atom. The van der Waals surface area contributed by atoms with Gasteiger partial charge in [-0.3, -0.25) is 9.59 Å². The fourth-order valence-electron chi connectivity index (χ4n) is 1.60. The van der Waals surface area contributed by atoms with Crippen molar-refractivity contribution in [3.8, 4) is 0 Å². The van der Waals surface area contributed by atoms with E-state index in [1.807, 2.05) is 0 Å². The molecule has 17 heavy (non-hydrogen) atoms. The second-order valence-corrected chi connectivity index (χ2v) is 5.85. The average molecular weight is 242 g/mol. The second kappa shape index (κ2) is 4.29. The molecule has 0 radical (unpaired) electrons. The number of carbonyl (C=O) groups is 2. The Labute approximate surface area is 102 Å². The third-order valence-electron chi connectivity index (χ3n) is 3.68. The molecule has 0 aliphatic carbocycles. The van der Waals surface area contributed by atoms with Gasteiger partial charge in [-0.05, 0) is 27.7 Å². The van der Waals surface area contributed by atoms with Crippen molar-refractivity contribution in [2.45, 2.75) is 45.3 Å². The highest BCUT2D eigenvalue weighted by Gasteiger charge is 2.40. The van der Waals surface area contributed by atoms with E-state index in [-0.39, 0.29) is 24.2 Å². The number of likely N-dealkylation sites (tertiary alicyclic amines) is 1. The van der Waals surface area contributed by atoms with Crippen LogP contribution in [0.5, 0.6) is 0 Å². The Hall–Kier alpha value is -1.10. The van der Waals surface area contributed by atoms with Crippen molar-refractivity contribution < 1.29 is 14.7 Å². The Bertz CT molecular complexity index is 331. The van der Waals surface area contributed by atoms with E-state index in [1.165, 1.54) is 0 Å². The van der Waals surface area contributed by atoms with Crippen molar-refractivity contribution in [1.82, 2.24) is 10.2 Å². The van der Waals surface area contributed by atoms with Crippen LogP contribution in [0.25, 0.3) is 0 Å². The molecule has 0 bridgehead atoms. The average Bonchev–Trinajstić information content (AvgIpc) is 2.44. The number of amides is 2. The van der Waals surface area contributed by atoms with Crippen molar-refractivity contribution in [2.75, 3.05) is 13.6 Å². The van der Waals surface area contributed by atoms with Crippen molar-refractivity contribution in [3.63, 3.8) is 0 Å². The van der Waals surface area contributed by atoms with Gasteiger partial charge in [-0.1, -0.05) is 0 Å². The number of nitrogens with one attached hydrogen (secondary N) is 1.